The number of nitrogens with zero attached hydrogens (tertiary/aromatic N) is 1. The Hall–Kier alpha value is -1.39. The van der Waals surface area contributed by atoms with Crippen molar-refractivity contribution in [2.24, 2.45) is 35.3 Å². The average molecular weight is 468 g/mol. The van der Waals surface area contributed by atoms with Gasteiger partial charge < -0.3 is 16.0 Å². The van der Waals surface area contributed by atoms with E-state index in [9.17, 15) is 0 Å². The molecule has 3 nitrogen and oxygen atoms in total. The lowest BCUT2D eigenvalue weighted by atomic mass is 9.80. The van der Waals surface area contributed by atoms with Crippen LogP contribution in [0.4, 0.5) is 0 Å². The van der Waals surface area contributed by atoms with Gasteiger partial charge in [0.2, 0.25) is 0 Å². The van der Waals surface area contributed by atoms with Gasteiger partial charge in [0, 0.05) is 36.1 Å². The highest BCUT2D eigenvalue weighted by Crippen LogP contribution is 2.32. The van der Waals surface area contributed by atoms with Gasteiger partial charge in [0.25, 0.3) is 0 Å². The van der Waals surface area contributed by atoms with Gasteiger partial charge in [-0.15, -0.1) is 0 Å². The first kappa shape index (κ1) is 24.7. The molecular weight excluding hydrogens is 426 g/mol. The molecule has 0 amide bonds. The molecule has 4 aliphatic rings. The lowest BCUT2D eigenvalue weighted by Gasteiger charge is -2.38. The molecule has 0 spiro atoms. The minimum atomic E-state index is 0.0843. The van der Waals surface area contributed by atoms with E-state index in [1.165, 1.54) is 31.5 Å². The summed E-state index contributed by atoms with van der Waals surface area (Å²) in [4.78, 5) is 2.68. The summed E-state index contributed by atoms with van der Waals surface area (Å²) in [5.74, 6) is 2.95. The lowest BCUT2D eigenvalue weighted by molar-refractivity contribution is 0.138. The Bertz CT molecular complexity index is 826. The molecule has 0 bridgehead atoms. The molecule has 0 saturated carbocycles. The van der Waals surface area contributed by atoms with Crippen molar-refractivity contribution in [1.82, 2.24) is 10.2 Å². The first-order valence-corrected chi connectivity index (χ1v) is 13.4. The largest absolute Gasteiger partial charge is 0.324 e. The molecule has 5 atom stereocenters. The smallest absolute Gasteiger partial charge is 0.0363 e. The van der Waals surface area contributed by atoms with Crippen LogP contribution in [-0.4, -0.2) is 43.2 Å². The van der Waals surface area contributed by atoms with Crippen LogP contribution in [0.15, 0.2) is 71.4 Å². The second-order valence-electron chi connectivity index (χ2n) is 10.7. The highest BCUT2D eigenvalue weighted by atomic mass is 35.5. The molecule has 180 valence electrons. The van der Waals surface area contributed by atoms with Crippen molar-refractivity contribution in [3.05, 3.63) is 71.4 Å². The molecule has 0 aromatic rings. The van der Waals surface area contributed by atoms with Crippen LogP contribution in [0, 0.1) is 29.6 Å². The van der Waals surface area contributed by atoms with E-state index in [1.807, 2.05) is 0 Å². The third-order valence-electron chi connectivity index (χ3n) is 7.97. The number of nitrogens with two attached hydrogens (primary N) is 1. The number of likely N-dealkylation sites (tertiary alicyclic amines) is 1. The van der Waals surface area contributed by atoms with E-state index < -0.39 is 0 Å². The molecule has 4 heteroatoms. The summed E-state index contributed by atoms with van der Waals surface area (Å²) in [6.45, 7) is 9.33. The third-order valence-corrected chi connectivity index (χ3v) is 8.25. The topological polar surface area (TPSA) is 41.3 Å². The number of halogens is 1. The van der Waals surface area contributed by atoms with Crippen LogP contribution in [0.2, 0.25) is 0 Å². The summed E-state index contributed by atoms with van der Waals surface area (Å²) in [5.41, 5.74) is 7.71. The van der Waals surface area contributed by atoms with Crippen LogP contribution in [0.5, 0.6) is 0 Å². The number of rotatable bonds is 8. The van der Waals surface area contributed by atoms with Gasteiger partial charge in [-0.2, -0.15) is 0 Å². The van der Waals surface area contributed by atoms with Crippen molar-refractivity contribution in [2.75, 3.05) is 26.2 Å². The van der Waals surface area contributed by atoms with E-state index in [1.54, 1.807) is 0 Å². The van der Waals surface area contributed by atoms with Crippen molar-refractivity contribution in [3.63, 3.8) is 0 Å². The first-order chi connectivity index (χ1) is 16.0. The Morgan fingerprint density at radius 1 is 1.09 bits per heavy atom. The molecule has 4 rings (SSSR count). The van der Waals surface area contributed by atoms with Crippen LogP contribution in [0.1, 0.15) is 39.5 Å². The zero-order chi connectivity index (χ0) is 23.2. The van der Waals surface area contributed by atoms with Gasteiger partial charge in [-0.25, -0.2) is 0 Å². The fourth-order valence-electron chi connectivity index (χ4n) is 5.71. The van der Waals surface area contributed by atoms with Gasteiger partial charge in [-0.05, 0) is 74.1 Å². The molecule has 3 N–H and O–H groups in total. The van der Waals surface area contributed by atoms with E-state index in [-0.39, 0.29) is 6.04 Å². The van der Waals surface area contributed by atoms with Gasteiger partial charge in [-0.3, -0.25) is 0 Å². The molecule has 1 saturated heterocycles. The third kappa shape index (κ3) is 6.82. The summed E-state index contributed by atoms with van der Waals surface area (Å²) < 4.78 is 0. The Morgan fingerprint density at radius 2 is 1.88 bits per heavy atom. The fourth-order valence-corrected chi connectivity index (χ4v) is 5.87. The monoisotopic (exact) mass is 467 g/mol. The van der Waals surface area contributed by atoms with Gasteiger partial charge in [-0.1, -0.05) is 80.1 Å². The van der Waals surface area contributed by atoms with E-state index in [4.69, 9.17) is 17.3 Å². The maximum absolute atomic E-state index is 6.34. The van der Waals surface area contributed by atoms with Gasteiger partial charge in [0.05, 0.1) is 0 Å². The van der Waals surface area contributed by atoms with Crippen molar-refractivity contribution in [1.29, 1.82) is 0 Å². The number of allylic oxidation sites excluding steroid dienone is 8. The van der Waals surface area contributed by atoms with E-state index in [0.717, 1.165) is 36.9 Å². The van der Waals surface area contributed by atoms with E-state index >= 15 is 0 Å². The molecule has 0 aromatic heterocycles. The first-order valence-electron chi connectivity index (χ1n) is 13.0. The van der Waals surface area contributed by atoms with E-state index in [2.05, 4.69) is 84.8 Å². The standard InChI is InChI=1S/C29H42ClN3/c1-21(2)29(20-33-16-14-24(15-17-33)23-10-12-26(30)13-11-23)32-19-22-6-5-7-25(18-22)27-8-3-4-9-28(27)31/h3-5,7-10,12-13,18,21-24,27-29,32H,6,11,14-17,19-20,31H2,1-2H3/t22?,23?,27?,28?,29-/m0/s1. The van der Waals surface area contributed by atoms with Crippen LogP contribution in [0.25, 0.3) is 0 Å². The molecule has 3 aliphatic carbocycles. The SMILES string of the molecule is CC(C)[C@H](CN1CCC(C2C=CC(Cl)=CC2)CC1)NCC1C=C(C2C=CC=CC2N)C=CC1. The summed E-state index contributed by atoms with van der Waals surface area (Å²) in [6, 6.07) is 0.612. The Balaban J connectivity index is 1.25. The number of hydrogen-bond acceptors (Lipinski definition) is 3. The maximum atomic E-state index is 6.34. The zero-order valence-electron chi connectivity index (χ0n) is 20.4. The van der Waals surface area contributed by atoms with Crippen LogP contribution >= 0.6 is 11.6 Å². The number of hydrogen-bond donors (Lipinski definition) is 2. The molecule has 33 heavy (non-hydrogen) atoms. The predicted molar refractivity (Wildman–Crippen MR) is 142 cm³/mol. The molecular formula is C29H42ClN3. The minimum absolute atomic E-state index is 0.0843. The van der Waals surface area contributed by atoms with E-state index in [0.29, 0.717) is 29.7 Å². The molecule has 4 unspecified atom stereocenters. The van der Waals surface area contributed by atoms with Gasteiger partial charge in [0.1, 0.15) is 0 Å². The molecule has 1 fully saturated rings. The van der Waals surface area contributed by atoms with Crippen molar-refractivity contribution < 1.29 is 0 Å². The highest BCUT2D eigenvalue weighted by molar-refractivity contribution is 6.31. The van der Waals surface area contributed by atoms with Crippen molar-refractivity contribution in [3.8, 4) is 0 Å². The van der Waals surface area contributed by atoms with Crippen molar-refractivity contribution in [2.45, 2.75) is 51.6 Å². The van der Waals surface area contributed by atoms with Gasteiger partial charge >= 0.3 is 0 Å². The second kappa shape index (κ2) is 11.8. The Labute approximate surface area is 206 Å². The zero-order valence-corrected chi connectivity index (χ0v) is 21.1. The van der Waals surface area contributed by atoms with Gasteiger partial charge in [0.15, 0.2) is 0 Å². The van der Waals surface area contributed by atoms with Crippen molar-refractivity contribution >= 4 is 11.6 Å². The van der Waals surface area contributed by atoms with Crippen LogP contribution in [-0.2, 0) is 0 Å². The van der Waals surface area contributed by atoms with Crippen LogP contribution in [0.3, 0.4) is 0 Å². The summed E-state index contributed by atoms with van der Waals surface area (Å²) >= 11 is 6.11. The predicted octanol–water partition coefficient (Wildman–Crippen LogP) is 5.58. The number of piperidine rings is 1. The lowest BCUT2D eigenvalue weighted by Crippen LogP contribution is -2.48. The molecule has 1 aliphatic heterocycles. The highest BCUT2D eigenvalue weighted by Gasteiger charge is 2.28. The average Bonchev–Trinajstić information content (AvgIpc) is 2.83. The second-order valence-corrected chi connectivity index (χ2v) is 11.1. The Kier molecular flexibility index (Phi) is 8.87. The summed E-state index contributed by atoms with van der Waals surface area (Å²) in [7, 11) is 0. The quantitative estimate of drug-likeness (QED) is 0.489. The fraction of sp³-hybridized carbons (Fsp3) is 0.586. The van der Waals surface area contributed by atoms with Crippen LogP contribution < -0.4 is 11.1 Å². The minimum Gasteiger partial charge on any atom is -0.324 e. The Morgan fingerprint density at radius 3 is 2.58 bits per heavy atom. The molecule has 1 heterocycles. The summed E-state index contributed by atoms with van der Waals surface area (Å²) in [6.07, 6.45) is 27.0. The molecule has 0 aromatic carbocycles. The normalized spacial score (nSPS) is 31.7. The maximum Gasteiger partial charge on any atom is 0.0363 e. The number of nitrogens with one attached hydrogen (secondary N) is 1. The summed E-state index contributed by atoms with van der Waals surface area (Å²) in [5, 5.41) is 4.84. The molecule has 0 radical (unpaired) electrons.